The summed E-state index contributed by atoms with van der Waals surface area (Å²) in [5, 5.41) is 3.43. The molecule has 0 amide bonds. The van der Waals surface area contributed by atoms with Gasteiger partial charge in [-0.05, 0) is 45.4 Å². The number of piperidine rings is 1. The Balaban J connectivity index is 1.99. The third kappa shape index (κ3) is 3.39. The van der Waals surface area contributed by atoms with Gasteiger partial charge in [-0.3, -0.25) is 0 Å². The van der Waals surface area contributed by atoms with E-state index in [1.807, 2.05) is 31.2 Å². The maximum absolute atomic E-state index is 6.07. The van der Waals surface area contributed by atoms with Gasteiger partial charge in [-0.15, -0.1) is 0 Å². The smallest absolute Gasteiger partial charge is 0.161 e. The lowest BCUT2D eigenvalue weighted by Crippen LogP contribution is -2.37. The zero-order valence-corrected chi connectivity index (χ0v) is 11.3. The molecule has 1 heterocycles. The highest BCUT2D eigenvalue weighted by Gasteiger charge is 2.22. The molecule has 100 valence electrons. The monoisotopic (exact) mass is 249 g/mol. The Labute approximate surface area is 109 Å². The molecule has 1 aromatic rings. The lowest BCUT2D eigenvalue weighted by Gasteiger charge is -2.29. The molecule has 2 unspecified atom stereocenters. The number of ether oxygens (including phenoxy) is 2. The Morgan fingerprint density at radius 3 is 2.78 bits per heavy atom. The van der Waals surface area contributed by atoms with Crippen molar-refractivity contribution in [1.82, 2.24) is 5.32 Å². The normalized spacial score (nSPS) is 21.3. The maximum atomic E-state index is 6.07. The van der Waals surface area contributed by atoms with E-state index in [0.29, 0.717) is 12.5 Å². The molecule has 3 nitrogen and oxygen atoms in total. The molecule has 18 heavy (non-hydrogen) atoms. The molecule has 1 N–H and O–H groups in total. The fraction of sp³-hybridized carbons (Fsp3) is 0.600. The number of hydrogen-bond acceptors (Lipinski definition) is 3. The van der Waals surface area contributed by atoms with Gasteiger partial charge in [0.15, 0.2) is 11.5 Å². The van der Waals surface area contributed by atoms with E-state index in [2.05, 4.69) is 12.2 Å². The van der Waals surface area contributed by atoms with Crippen LogP contribution in [-0.4, -0.2) is 25.8 Å². The highest BCUT2D eigenvalue weighted by atomic mass is 16.5. The molecule has 0 saturated carbocycles. The largest absolute Gasteiger partial charge is 0.490 e. The Hall–Kier alpha value is -1.22. The minimum Gasteiger partial charge on any atom is -0.490 e. The van der Waals surface area contributed by atoms with Crippen LogP contribution in [0.2, 0.25) is 0 Å². The summed E-state index contributed by atoms with van der Waals surface area (Å²) in [5.41, 5.74) is 0. The van der Waals surface area contributed by atoms with Gasteiger partial charge in [0.05, 0.1) is 6.61 Å². The van der Waals surface area contributed by atoms with Crippen molar-refractivity contribution in [3.63, 3.8) is 0 Å². The Morgan fingerprint density at radius 2 is 2.11 bits per heavy atom. The third-order valence-corrected chi connectivity index (χ3v) is 3.46. The SMILES string of the molecule is CCOc1ccccc1OC(C)C1CCCNC1. The predicted molar refractivity (Wildman–Crippen MR) is 73.3 cm³/mol. The lowest BCUT2D eigenvalue weighted by atomic mass is 9.94. The lowest BCUT2D eigenvalue weighted by molar-refractivity contribution is 0.126. The van der Waals surface area contributed by atoms with Gasteiger partial charge in [0.25, 0.3) is 0 Å². The highest BCUT2D eigenvalue weighted by Crippen LogP contribution is 2.29. The summed E-state index contributed by atoms with van der Waals surface area (Å²) < 4.78 is 11.7. The van der Waals surface area contributed by atoms with Crippen molar-refractivity contribution >= 4 is 0 Å². The maximum Gasteiger partial charge on any atom is 0.161 e. The second-order valence-corrected chi connectivity index (χ2v) is 4.81. The van der Waals surface area contributed by atoms with Crippen LogP contribution in [-0.2, 0) is 0 Å². The van der Waals surface area contributed by atoms with Crippen molar-refractivity contribution in [2.24, 2.45) is 5.92 Å². The molecule has 0 bridgehead atoms. The second kappa shape index (κ2) is 6.64. The van der Waals surface area contributed by atoms with Crippen LogP contribution < -0.4 is 14.8 Å². The molecule has 2 rings (SSSR count). The molecule has 0 spiro atoms. The van der Waals surface area contributed by atoms with E-state index in [1.54, 1.807) is 0 Å². The fourth-order valence-electron chi connectivity index (χ4n) is 2.40. The molecule has 3 heteroatoms. The van der Waals surface area contributed by atoms with Gasteiger partial charge in [0.2, 0.25) is 0 Å². The van der Waals surface area contributed by atoms with Crippen molar-refractivity contribution in [3.05, 3.63) is 24.3 Å². The van der Waals surface area contributed by atoms with Crippen molar-refractivity contribution in [2.75, 3.05) is 19.7 Å². The average molecular weight is 249 g/mol. The zero-order chi connectivity index (χ0) is 12.8. The quantitative estimate of drug-likeness (QED) is 0.870. The van der Waals surface area contributed by atoms with Crippen LogP contribution in [0.1, 0.15) is 26.7 Å². The number of para-hydroxylation sites is 2. The Kier molecular flexibility index (Phi) is 4.88. The second-order valence-electron chi connectivity index (χ2n) is 4.81. The average Bonchev–Trinajstić information content (AvgIpc) is 2.42. The first kappa shape index (κ1) is 13.2. The highest BCUT2D eigenvalue weighted by molar-refractivity contribution is 5.39. The van der Waals surface area contributed by atoms with Gasteiger partial charge in [-0.2, -0.15) is 0 Å². The summed E-state index contributed by atoms with van der Waals surface area (Å²) in [4.78, 5) is 0. The summed E-state index contributed by atoms with van der Waals surface area (Å²) in [5.74, 6) is 2.29. The van der Waals surface area contributed by atoms with E-state index in [-0.39, 0.29) is 6.10 Å². The van der Waals surface area contributed by atoms with Crippen molar-refractivity contribution in [1.29, 1.82) is 0 Å². The van der Waals surface area contributed by atoms with E-state index < -0.39 is 0 Å². The molecular formula is C15H23NO2. The van der Waals surface area contributed by atoms with Crippen molar-refractivity contribution in [2.45, 2.75) is 32.8 Å². The summed E-state index contributed by atoms with van der Waals surface area (Å²) in [7, 11) is 0. The molecule has 1 aliphatic rings. The molecule has 1 aromatic carbocycles. The van der Waals surface area contributed by atoms with Crippen molar-refractivity contribution in [3.8, 4) is 11.5 Å². The van der Waals surface area contributed by atoms with Crippen LogP contribution in [0.25, 0.3) is 0 Å². The van der Waals surface area contributed by atoms with Gasteiger partial charge in [0, 0.05) is 12.5 Å². The van der Waals surface area contributed by atoms with Gasteiger partial charge < -0.3 is 14.8 Å². The van der Waals surface area contributed by atoms with Gasteiger partial charge >= 0.3 is 0 Å². The van der Waals surface area contributed by atoms with Gasteiger partial charge in [-0.1, -0.05) is 12.1 Å². The van der Waals surface area contributed by atoms with Crippen molar-refractivity contribution < 1.29 is 9.47 Å². The van der Waals surface area contributed by atoms with E-state index in [1.165, 1.54) is 12.8 Å². The topological polar surface area (TPSA) is 30.5 Å². The molecule has 0 aromatic heterocycles. The molecular weight excluding hydrogens is 226 g/mol. The summed E-state index contributed by atoms with van der Waals surface area (Å²) in [6.45, 7) is 7.00. The van der Waals surface area contributed by atoms with Gasteiger partial charge in [0.1, 0.15) is 6.10 Å². The van der Waals surface area contributed by atoms with Crippen LogP contribution in [0.5, 0.6) is 11.5 Å². The van der Waals surface area contributed by atoms with E-state index in [4.69, 9.17) is 9.47 Å². The number of nitrogens with one attached hydrogen (secondary N) is 1. The van der Waals surface area contributed by atoms with Crippen LogP contribution in [0.3, 0.4) is 0 Å². The molecule has 2 atom stereocenters. The minimum atomic E-state index is 0.222. The molecule has 0 radical (unpaired) electrons. The summed E-state index contributed by atoms with van der Waals surface area (Å²) in [6.07, 6.45) is 2.70. The predicted octanol–water partition coefficient (Wildman–Crippen LogP) is 2.85. The number of benzene rings is 1. The zero-order valence-electron chi connectivity index (χ0n) is 11.3. The Bertz CT molecular complexity index is 361. The van der Waals surface area contributed by atoms with Crippen LogP contribution in [0.4, 0.5) is 0 Å². The third-order valence-electron chi connectivity index (χ3n) is 3.46. The molecule has 1 fully saturated rings. The van der Waals surface area contributed by atoms with Crippen LogP contribution in [0.15, 0.2) is 24.3 Å². The molecule has 0 aliphatic carbocycles. The number of hydrogen-bond donors (Lipinski definition) is 1. The molecule has 1 saturated heterocycles. The molecule has 1 aliphatic heterocycles. The van der Waals surface area contributed by atoms with E-state index in [9.17, 15) is 0 Å². The van der Waals surface area contributed by atoms with E-state index >= 15 is 0 Å². The number of rotatable bonds is 5. The first-order valence-corrected chi connectivity index (χ1v) is 6.90. The van der Waals surface area contributed by atoms with E-state index in [0.717, 1.165) is 24.6 Å². The summed E-state index contributed by atoms with van der Waals surface area (Å²) in [6, 6.07) is 7.91. The standard InChI is InChI=1S/C15H23NO2/c1-3-17-14-8-4-5-9-15(14)18-12(2)13-7-6-10-16-11-13/h4-5,8-9,12-13,16H,3,6-7,10-11H2,1-2H3. The van der Waals surface area contributed by atoms with Gasteiger partial charge in [-0.25, -0.2) is 0 Å². The first-order chi connectivity index (χ1) is 8.81. The van der Waals surface area contributed by atoms with Crippen LogP contribution in [0, 0.1) is 5.92 Å². The Morgan fingerprint density at radius 1 is 1.33 bits per heavy atom. The first-order valence-electron chi connectivity index (χ1n) is 6.90. The minimum absolute atomic E-state index is 0.222. The summed E-state index contributed by atoms with van der Waals surface area (Å²) >= 11 is 0. The van der Waals surface area contributed by atoms with Crippen LogP contribution >= 0.6 is 0 Å². The fourth-order valence-corrected chi connectivity index (χ4v) is 2.40.